The molecule has 2 aromatic rings. The molecule has 0 radical (unpaired) electrons. The Hall–Kier alpha value is -2.74. The van der Waals surface area contributed by atoms with E-state index in [0.717, 1.165) is 50.4 Å². The molecule has 1 aliphatic heterocycles. The largest absolute Gasteiger partial charge is 0.493 e. The van der Waals surface area contributed by atoms with Crippen LogP contribution in [-0.2, 0) is 6.54 Å². The number of aromatic amines is 1. The number of hydrogen-bond donors (Lipinski definition) is 2. The summed E-state index contributed by atoms with van der Waals surface area (Å²) in [5, 5.41) is 3.39. The van der Waals surface area contributed by atoms with Crippen molar-refractivity contribution in [2.75, 3.05) is 39.2 Å². The summed E-state index contributed by atoms with van der Waals surface area (Å²) in [5.41, 5.74) is 0.802. The number of likely N-dealkylation sites (tertiary alicyclic amines) is 1. The molecule has 2 N–H and O–H groups in total. The number of aromatic nitrogens is 2. The van der Waals surface area contributed by atoms with E-state index in [4.69, 9.17) is 14.2 Å². The van der Waals surface area contributed by atoms with Crippen molar-refractivity contribution >= 4 is 5.82 Å². The maximum atomic E-state index is 11.6. The van der Waals surface area contributed by atoms with Crippen molar-refractivity contribution < 1.29 is 14.2 Å². The summed E-state index contributed by atoms with van der Waals surface area (Å²) in [6.45, 7) is 5.59. The van der Waals surface area contributed by atoms with Gasteiger partial charge in [0.15, 0.2) is 11.5 Å². The molecule has 1 saturated heterocycles. The fourth-order valence-corrected chi connectivity index (χ4v) is 3.48. The zero-order valence-corrected chi connectivity index (χ0v) is 17.4. The fraction of sp³-hybridized carbons (Fsp3) is 0.524. The van der Waals surface area contributed by atoms with Crippen LogP contribution in [0.4, 0.5) is 5.82 Å². The molecular formula is C21H30N4O4. The van der Waals surface area contributed by atoms with Crippen LogP contribution in [0, 0.1) is 0 Å². The van der Waals surface area contributed by atoms with E-state index in [0.29, 0.717) is 24.3 Å². The van der Waals surface area contributed by atoms with Crippen molar-refractivity contribution in [2.45, 2.75) is 38.8 Å². The highest BCUT2D eigenvalue weighted by Gasteiger charge is 2.20. The Morgan fingerprint density at radius 1 is 1.17 bits per heavy atom. The van der Waals surface area contributed by atoms with Crippen molar-refractivity contribution in [1.82, 2.24) is 14.9 Å². The summed E-state index contributed by atoms with van der Waals surface area (Å²) in [5.74, 6) is 2.54. The predicted molar refractivity (Wildman–Crippen MR) is 112 cm³/mol. The Morgan fingerprint density at radius 2 is 1.97 bits per heavy atom. The number of methoxy groups -OCH3 is 2. The lowest BCUT2D eigenvalue weighted by atomic mass is 10.0. The molecule has 0 amide bonds. The third-order valence-electron chi connectivity index (χ3n) is 4.97. The van der Waals surface area contributed by atoms with Gasteiger partial charge in [0.25, 0.3) is 0 Å². The third-order valence-corrected chi connectivity index (χ3v) is 4.97. The number of rotatable bonds is 9. The Balaban J connectivity index is 1.54. The van der Waals surface area contributed by atoms with Gasteiger partial charge in [0.1, 0.15) is 5.82 Å². The number of anilines is 1. The van der Waals surface area contributed by atoms with Gasteiger partial charge in [0.2, 0.25) is 5.88 Å². The molecule has 1 aromatic heterocycles. The Morgan fingerprint density at radius 3 is 2.66 bits per heavy atom. The number of ether oxygens (including phenoxy) is 3. The topological polar surface area (TPSA) is 88.7 Å². The molecular weight excluding hydrogens is 372 g/mol. The summed E-state index contributed by atoms with van der Waals surface area (Å²) in [6.07, 6.45) is 2.94. The second kappa shape index (κ2) is 10.2. The van der Waals surface area contributed by atoms with E-state index in [1.165, 1.54) is 12.7 Å². The van der Waals surface area contributed by atoms with Crippen LogP contribution < -0.4 is 25.2 Å². The molecule has 0 unspecified atom stereocenters. The summed E-state index contributed by atoms with van der Waals surface area (Å²) >= 11 is 0. The van der Waals surface area contributed by atoms with Gasteiger partial charge in [-0.05, 0) is 37.0 Å². The molecule has 1 aromatic carbocycles. The first-order valence-electron chi connectivity index (χ1n) is 10.0. The molecule has 0 aliphatic carbocycles. The fourth-order valence-electron chi connectivity index (χ4n) is 3.48. The van der Waals surface area contributed by atoms with E-state index >= 15 is 0 Å². The van der Waals surface area contributed by atoms with Gasteiger partial charge in [-0.1, -0.05) is 13.0 Å². The van der Waals surface area contributed by atoms with Crippen LogP contribution in [0.2, 0.25) is 0 Å². The maximum absolute atomic E-state index is 11.6. The Labute approximate surface area is 171 Å². The van der Waals surface area contributed by atoms with Gasteiger partial charge in [-0.15, -0.1) is 0 Å². The highest BCUT2D eigenvalue weighted by Crippen LogP contribution is 2.29. The summed E-state index contributed by atoms with van der Waals surface area (Å²) in [7, 11) is 3.17. The first-order valence-corrected chi connectivity index (χ1v) is 10.0. The van der Waals surface area contributed by atoms with Gasteiger partial charge < -0.3 is 19.5 Å². The van der Waals surface area contributed by atoms with Gasteiger partial charge >= 0.3 is 5.69 Å². The quantitative estimate of drug-likeness (QED) is 0.667. The molecule has 8 heteroatoms. The molecule has 8 nitrogen and oxygen atoms in total. The highest BCUT2D eigenvalue weighted by molar-refractivity contribution is 5.43. The van der Waals surface area contributed by atoms with E-state index in [1.54, 1.807) is 13.2 Å². The minimum Gasteiger partial charge on any atom is -0.493 e. The molecule has 2 heterocycles. The van der Waals surface area contributed by atoms with E-state index in [1.807, 2.05) is 6.07 Å². The lowest BCUT2D eigenvalue weighted by Crippen LogP contribution is -2.39. The lowest BCUT2D eigenvalue weighted by molar-refractivity contribution is 0.210. The van der Waals surface area contributed by atoms with Gasteiger partial charge in [-0.25, -0.2) is 4.79 Å². The predicted octanol–water partition coefficient (Wildman–Crippen LogP) is 2.65. The number of nitrogens with one attached hydrogen (secondary N) is 2. The number of piperidine rings is 1. The molecule has 29 heavy (non-hydrogen) atoms. The van der Waals surface area contributed by atoms with Gasteiger partial charge in [-0.3, -0.25) is 9.88 Å². The van der Waals surface area contributed by atoms with Crippen LogP contribution >= 0.6 is 0 Å². The Kier molecular flexibility index (Phi) is 7.35. The molecule has 0 saturated carbocycles. The standard InChI is InChI=1S/C21H30N4O4/c1-4-11-29-18-12-15(5-6-17(18)27-2)14-25-9-7-16(8-10-25)22-19-13-20(28-3)24-21(26)23-19/h5-6,12-13,16H,4,7-11,14H2,1-3H3,(H2,22,23,24,26). The van der Waals surface area contributed by atoms with Crippen molar-refractivity contribution in [3.8, 4) is 17.4 Å². The lowest BCUT2D eigenvalue weighted by Gasteiger charge is -2.32. The van der Waals surface area contributed by atoms with Gasteiger partial charge in [0, 0.05) is 31.7 Å². The molecule has 0 spiro atoms. The second-order valence-electron chi connectivity index (χ2n) is 7.17. The average molecular weight is 402 g/mol. The highest BCUT2D eigenvalue weighted by atomic mass is 16.5. The van der Waals surface area contributed by atoms with Crippen LogP contribution in [0.1, 0.15) is 31.7 Å². The molecule has 0 bridgehead atoms. The molecule has 3 rings (SSSR count). The molecule has 1 aliphatic rings. The zero-order chi connectivity index (χ0) is 20.6. The first-order chi connectivity index (χ1) is 14.1. The number of benzene rings is 1. The van der Waals surface area contributed by atoms with Gasteiger partial charge in [-0.2, -0.15) is 4.98 Å². The minimum absolute atomic E-state index is 0.299. The van der Waals surface area contributed by atoms with Crippen LogP contribution in [0.5, 0.6) is 17.4 Å². The van der Waals surface area contributed by atoms with Crippen LogP contribution in [0.25, 0.3) is 0 Å². The summed E-state index contributed by atoms with van der Waals surface area (Å²) in [4.78, 5) is 20.5. The maximum Gasteiger partial charge on any atom is 0.349 e. The van der Waals surface area contributed by atoms with Crippen LogP contribution in [0.15, 0.2) is 29.1 Å². The summed E-state index contributed by atoms with van der Waals surface area (Å²) in [6, 6.07) is 8.15. The van der Waals surface area contributed by atoms with E-state index in [2.05, 4.69) is 39.2 Å². The molecule has 1 fully saturated rings. The number of hydrogen-bond acceptors (Lipinski definition) is 7. The van der Waals surface area contributed by atoms with E-state index in [-0.39, 0.29) is 0 Å². The first kappa shape index (κ1) is 21.0. The van der Waals surface area contributed by atoms with Crippen molar-refractivity contribution in [1.29, 1.82) is 0 Å². The minimum atomic E-state index is -0.412. The zero-order valence-electron chi connectivity index (χ0n) is 17.4. The van der Waals surface area contributed by atoms with E-state index < -0.39 is 5.69 Å². The molecule has 0 atom stereocenters. The SMILES string of the molecule is CCCOc1cc(CN2CCC(Nc3cc(OC)nc(=O)[nH]3)CC2)ccc1OC. The monoisotopic (exact) mass is 402 g/mol. The van der Waals surface area contributed by atoms with Crippen molar-refractivity contribution in [2.24, 2.45) is 0 Å². The smallest absolute Gasteiger partial charge is 0.349 e. The van der Waals surface area contributed by atoms with Crippen LogP contribution in [0.3, 0.4) is 0 Å². The second-order valence-corrected chi connectivity index (χ2v) is 7.17. The van der Waals surface area contributed by atoms with Crippen LogP contribution in [-0.4, -0.2) is 54.8 Å². The van der Waals surface area contributed by atoms with Crippen molar-refractivity contribution in [3.63, 3.8) is 0 Å². The van der Waals surface area contributed by atoms with Gasteiger partial charge in [0.05, 0.1) is 20.8 Å². The van der Waals surface area contributed by atoms with E-state index in [9.17, 15) is 4.79 Å². The number of H-pyrrole nitrogens is 1. The molecule has 158 valence electrons. The Bertz CT molecular complexity index is 847. The third kappa shape index (κ3) is 5.87. The normalized spacial score (nSPS) is 15.1. The average Bonchev–Trinajstić information content (AvgIpc) is 2.73. The van der Waals surface area contributed by atoms with Crippen molar-refractivity contribution in [3.05, 3.63) is 40.3 Å². The number of nitrogens with zero attached hydrogens (tertiary/aromatic N) is 2. The summed E-state index contributed by atoms with van der Waals surface area (Å²) < 4.78 is 16.3.